The SMILES string of the molecule is CCCc1ccc(-n2c(CCl)nc3c(Cl)cccc32)cc1. The van der Waals surface area contributed by atoms with Crippen molar-refractivity contribution in [2.45, 2.75) is 25.6 Å². The molecular weight excluding hydrogens is 303 g/mol. The smallest absolute Gasteiger partial charge is 0.129 e. The molecule has 0 amide bonds. The maximum Gasteiger partial charge on any atom is 0.129 e. The number of imidazole rings is 1. The van der Waals surface area contributed by atoms with E-state index in [-0.39, 0.29) is 0 Å². The van der Waals surface area contributed by atoms with Gasteiger partial charge in [-0.1, -0.05) is 43.1 Å². The van der Waals surface area contributed by atoms with Gasteiger partial charge in [0.1, 0.15) is 11.3 Å². The van der Waals surface area contributed by atoms with Crippen molar-refractivity contribution in [3.05, 3.63) is 58.9 Å². The fraction of sp³-hybridized carbons (Fsp3) is 0.235. The Hall–Kier alpha value is -1.51. The van der Waals surface area contributed by atoms with E-state index in [4.69, 9.17) is 23.2 Å². The van der Waals surface area contributed by atoms with Crippen molar-refractivity contribution in [1.29, 1.82) is 0 Å². The molecule has 21 heavy (non-hydrogen) atoms. The molecule has 2 aromatic carbocycles. The molecule has 0 unspecified atom stereocenters. The average molecular weight is 319 g/mol. The van der Waals surface area contributed by atoms with Gasteiger partial charge in [-0.25, -0.2) is 4.98 Å². The molecule has 0 aliphatic heterocycles. The molecule has 0 saturated carbocycles. The van der Waals surface area contributed by atoms with E-state index < -0.39 is 0 Å². The van der Waals surface area contributed by atoms with Crippen molar-refractivity contribution in [3.8, 4) is 5.69 Å². The van der Waals surface area contributed by atoms with Crippen molar-refractivity contribution in [3.63, 3.8) is 0 Å². The summed E-state index contributed by atoms with van der Waals surface area (Å²) >= 11 is 12.3. The summed E-state index contributed by atoms with van der Waals surface area (Å²) in [5.74, 6) is 1.16. The molecule has 0 bridgehead atoms. The van der Waals surface area contributed by atoms with Crippen LogP contribution >= 0.6 is 23.2 Å². The predicted octanol–water partition coefficient (Wildman–Crippen LogP) is 5.37. The number of aryl methyl sites for hydroxylation is 1. The molecule has 0 radical (unpaired) electrons. The van der Waals surface area contributed by atoms with E-state index in [1.165, 1.54) is 5.56 Å². The van der Waals surface area contributed by atoms with Crippen molar-refractivity contribution in [2.75, 3.05) is 0 Å². The molecule has 0 N–H and O–H groups in total. The van der Waals surface area contributed by atoms with E-state index in [1.807, 2.05) is 18.2 Å². The van der Waals surface area contributed by atoms with Gasteiger partial charge in [0.2, 0.25) is 0 Å². The number of rotatable bonds is 4. The van der Waals surface area contributed by atoms with Gasteiger partial charge in [-0.2, -0.15) is 0 Å². The van der Waals surface area contributed by atoms with E-state index >= 15 is 0 Å². The lowest BCUT2D eigenvalue weighted by Crippen LogP contribution is -1.99. The van der Waals surface area contributed by atoms with Crippen LogP contribution in [0.4, 0.5) is 0 Å². The van der Waals surface area contributed by atoms with Crippen LogP contribution in [0.3, 0.4) is 0 Å². The zero-order valence-corrected chi connectivity index (χ0v) is 13.3. The molecule has 0 spiro atoms. The van der Waals surface area contributed by atoms with Gasteiger partial charge in [0, 0.05) is 5.69 Å². The predicted molar refractivity (Wildman–Crippen MR) is 89.6 cm³/mol. The van der Waals surface area contributed by atoms with Crippen molar-refractivity contribution in [2.24, 2.45) is 0 Å². The van der Waals surface area contributed by atoms with Crippen LogP contribution in [-0.4, -0.2) is 9.55 Å². The second-order valence-corrected chi connectivity index (χ2v) is 5.70. The van der Waals surface area contributed by atoms with Crippen LogP contribution < -0.4 is 0 Å². The van der Waals surface area contributed by atoms with Crippen LogP contribution in [0.5, 0.6) is 0 Å². The number of alkyl halides is 1. The van der Waals surface area contributed by atoms with Crippen molar-refractivity contribution < 1.29 is 0 Å². The van der Waals surface area contributed by atoms with E-state index in [2.05, 4.69) is 40.7 Å². The van der Waals surface area contributed by atoms with Crippen LogP contribution in [0.1, 0.15) is 24.7 Å². The highest BCUT2D eigenvalue weighted by Gasteiger charge is 2.13. The highest BCUT2D eigenvalue weighted by molar-refractivity contribution is 6.35. The number of para-hydroxylation sites is 1. The Morgan fingerprint density at radius 2 is 1.86 bits per heavy atom. The Kier molecular flexibility index (Phi) is 4.18. The minimum atomic E-state index is 0.349. The van der Waals surface area contributed by atoms with Gasteiger partial charge in [-0.3, -0.25) is 4.57 Å². The number of fused-ring (bicyclic) bond motifs is 1. The molecule has 1 aromatic heterocycles. The first-order valence-electron chi connectivity index (χ1n) is 7.05. The van der Waals surface area contributed by atoms with Gasteiger partial charge < -0.3 is 0 Å². The first-order valence-corrected chi connectivity index (χ1v) is 7.97. The van der Waals surface area contributed by atoms with E-state index in [9.17, 15) is 0 Å². The molecule has 0 atom stereocenters. The number of nitrogens with zero attached hydrogens (tertiary/aromatic N) is 2. The Morgan fingerprint density at radius 3 is 2.52 bits per heavy atom. The third-order valence-corrected chi connectivity index (χ3v) is 4.10. The quantitative estimate of drug-likeness (QED) is 0.591. The number of hydrogen-bond donors (Lipinski definition) is 0. The number of hydrogen-bond acceptors (Lipinski definition) is 1. The summed E-state index contributed by atoms with van der Waals surface area (Å²) in [6, 6.07) is 14.4. The monoisotopic (exact) mass is 318 g/mol. The minimum absolute atomic E-state index is 0.349. The molecule has 0 saturated heterocycles. The van der Waals surface area contributed by atoms with Crippen LogP contribution in [0, 0.1) is 0 Å². The second-order valence-electron chi connectivity index (χ2n) is 5.02. The Bertz CT molecular complexity index is 760. The zero-order valence-electron chi connectivity index (χ0n) is 11.8. The third-order valence-electron chi connectivity index (χ3n) is 3.56. The molecular formula is C17H16Cl2N2. The molecule has 2 nitrogen and oxygen atoms in total. The number of halogens is 2. The van der Waals surface area contributed by atoms with Gasteiger partial charge in [0.05, 0.1) is 16.4 Å². The van der Waals surface area contributed by atoms with E-state index in [0.29, 0.717) is 10.9 Å². The maximum atomic E-state index is 6.23. The lowest BCUT2D eigenvalue weighted by Gasteiger charge is -2.09. The summed E-state index contributed by atoms with van der Waals surface area (Å²) < 4.78 is 2.07. The van der Waals surface area contributed by atoms with Crippen molar-refractivity contribution >= 4 is 34.2 Å². The first-order chi connectivity index (χ1) is 10.2. The lowest BCUT2D eigenvalue weighted by molar-refractivity contribution is 0.918. The standard InChI is InChI=1S/C17H16Cl2N2/c1-2-4-12-7-9-13(10-8-12)21-15-6-3-5-14(19)17(15)20-16(21)11-18/h3,5-10H,2,4,11H2,1H3. The molecule has 0 aliphatic rings. The minimum Gasteiger partial charge on any atom is -0.295 e. The van der Waals surface area contributed by atoms with Crippen LogP contribution in [0.2, 0.25) is 5.02 Å². The summed E-state index contributed by atoms with van der Waals surface area (Å²) in [6.45, 7) is 2.19. The highest BCUT2D eigenvalue weighted by atomic mass is 35.5. The van der Waals surface area contributed by atoms with Gasteiger partial charge in [-0.05, 0) is 36.2 Å². The molecule has 3 aromatic rings. The lowest BCUT2D eigenvalue weighted by atomic mass is 10.1. The second kappa shape index (κ2) is 6.08. The maximum absolute atomic E-state index is 6.23. The fourth-order valence-electron chi connectivity index (χ4n) is 2.59. The largest absolute Gasteiger partial charge is 0.295 e. The average Bonchev–Trinajstić information content (AvgIpc) is 2.88. The van der Waals surface area contributed by atoms with E-state index in [1.54, 1.807) is 0 Å². The normalized spacial score (nSPS) is 11.2. The summed E-state index contributed by atoms with van der Waals surface area (Å²) in [6.07, 6.45) is 2.25. The van der Waals surface area contributed by atoms with E-state index in [0.717, 1.165) is 35.4 Å². The topological polar surface area (TPSA) is 17.8 Å². The zero-order chi connectivity index (χ0) is 14.8. The van der Waals surface area contributed by atoms with Gasteiger partial charge in [-0.15, -0.1) is 11.6 Å². The molecule has 3 rings (SSSR count). The first kappa shape index (κ1) is 14.4. The number of aromatic nitrogens is 2. The van der Waals surface area contributed by atoms with Gasteiger partial charge >= 0.3 is 0 Å². The summed E-state index contributed by atoms with van der Waals surface area (Å²) in [7, 11) is 0. The Balaban J connectivity index is 2.16. The summed E-state index contributed by atoms with van der Waals surface area (Å²) in [4.78, 5) is 4.56. The van der Waals surface area contributed by atoms with Crippen LogP contribution in [0.15, 0.2) is 42.5 Å². The van der Waals surface area contributed by atoms with Crippen LogP contribution in [0.25, 0.3) is 16.7 Å². The molecule has 4 heteroatoms. The van der Waals surface area contributed by atoms with Gasteiger partial charge in [0.25, 0.3) is 0 Å². The molecule has 0 aliphatic carbocycles. The Labute approximate surface area is 134 Å². The Morgan fingerprint density at radius 1 is 1.10 bits per heavy atom. The molecule has 108 valence electrons. The number of benzene rings is 2. The third kappa shape index (κ3) is 2.66. The molecule has 0 fully saturated rings. The summed E-state index contributed by atoms with van der Waals surface area (Å²) in [5.41, 5.74) is 4.19. The van der Waals surface area contributed by atoms with Gasteiger partial charge in [0.15, 0.2) is 0 Å². The molecule has 1 heterocycles. The van der Waals surface area contributed by atoms with Crippen molar-refractivity contribution in [1.82, 2.24) is 9.55 Å². The van der Waals surface area contributed by atoms with Crippen LogP contribution in [-0.2, 0) is 12.3 Å². The highest BCUT2D eigenvalue weighted by Crippen LogP contribution is 2.27. The summed E-state index contributed by atoms with van der Waals surface area (Å²) in [5, 5.41) is 0.653. The fourth-order valence-corrected chi connectivity index (χ4v) is 2.98.